The Kier molecular flexibility index (Phi) is 13.3. The van der Waals surface area contributed by atoms with Gasteiger partial charge >= 0.3 is 0 Å². The van der Waals surface area contributed by atoms with E-state index >= 15 is 4.39 Å². The molecule has 0 amide bonds. The van der Waals surface area contributed by atoms with Crippen LogP contribution in [0.1, 0.15) is 139 Å². The second kappa shape index (κ2) is 17.4. The number of hydrogen-bond donors (Lipinski definition) is 0. The molecule has 4 rings (SSSR count). The summed E-state index contributed by atoms with van der Waals surface area (Å²) in [5, 5.41) is 1.67. The Morgan fingerprint density at radius 2 is 1.22 bits per heavy atom. The summed E-state index contributed by atoms with van der Waals surface area (Å²) < 4.78 is 15.4. The fourth-order valence-corrected chi connectivity index (χ4v) is 6.64. The van der Waals surface area contributed by atoms with E-state index in [1.54, 1.807) is 0 Å². The lowest BCUT2D eigenvalue weighted by Gasteiger charge is -2.28. The Labute approximate surface area is 250 Å². The summed E-state index contributed by atoms with van der Waals surface area (Å²) in [5.41, 5.74) is 4.24. The molecule has 0 saturated heterocycles. The van der Waals surface area contributed by atoms with E-state index in [1.165, 1.54) is 102 Å². The molecule has 0 heterocycles. The molecule has 0 N–H and O–H groups in total. The van der Waals surface area contributed by atoms with Crippen LogP contribution in [-0.4, -0.2) is 0 Å². The minimum atomic E-state index is -0.0342. The third kappa shape index (κ3) is 10.3. The molecule has 0 aliphatic heterocycles. The van der Waals surface area contributed by atoms with Crippen molar-refractivity contribution in [1.29, 1.82) is 0 Å². The highest BCUT2D eigenvalue weighted by Crippen LogP contribution is 2.35. The standard InChI is InChI=1S/C40H53F/c1-3-5-7-9-11-13-32-15-19-34(20-16-32)23-24-36-26-30-39-38(31-36)29-28-37(40(39)41)27-25-35-21-17-33(18-22-35)14-12-10-8-6-4-2/h15-16,19-20,26,28-31,33,35H,3-14,17-18,21-22,25,27H2,1-2H3. The van der Waals surface area contributed by atoms with Gasteiger partial charge in [0.1, 0.15) is 5.82 Å². The minimum absolute atomic E-state index is 0.0342. The number of unbranched alkanes of at least 4 members (excludes halogenated alkanes) is 8. The maximum absolute atomic E-state index is 15.4. The summed E-state index contributed by atoms with van der Waals surface area (Å²) >= 11 is 0. The van der Waals surface area contributed by atoms with Crippen molar-refractivity contribution >= 4 is 10.8 Å². The Morgan fingerprint density at radius 3 is 1.93 bits per heavy atom. The van der Waals surface area contributed by atoms with E-state index in [1.807, 2.05) is 24.3 Å². The molecule has 1 aliphatic rings. The maximum Gasteiger partial charge on any atom is 0.134 e. The van der Waals surface area contributed by atoms with E-state index in [0.29, 0.717) is 0 Å². The highest BCUT2D eigenvalue weighted by Gasteiger charge is 2.21. The lowest BCUT2D eigenvalue weighted by molar-refractivity contribution is 0.248. The van der Waals surface area contributed by atoms with Crippen LogP contribution in [0.5, 0.6) is 0 Å². The lowest BCUT2D eigenvalue weighted by atomic mass is 9.77. The molecule has 0 aromatic heterocycles. The maximum atomic E-state index is 15.4. The summed E-state index contributed by atoms with van der Waals surface area (Å²) in [6, 6.07) is 18.7. The molecule has 0 nitrogen and oxygen atoms in total. The first-order valence-corrected chi connectivity index (χ1v) is 17.0. The van der Waals surface area contributed by atoms with E-state index in [0.717, 1.165) is 58.6 Å². The monoisotopic (exact) mass is 552 g/mol. The largest absolute Gasteiger partial charge is 0.206 e. The Morgan fingerprint density at radius 1 is 0.610 bits per heavy atom. The molecule has 0 bridgehead atoms. The van der Waals surface area contributed by atoms with Crippen molar-refractivity contribution in [2.45, 2.75) is 129 Å². The van der Waals surface area contributed by atoms with Crippen molar-refractivity contribution in [3.05, 3.63) is 82.7 Å². The van der Waals surface area contributed by atoms with Crippen LogP contribution in [0.2, 0.25) is 0 Å². The number of rotatable bonds is 15. The van der Waals surface area contributed by atoms with Crippen LogP contribution in [0.15, 0.2) is 54.6 Å². The number of halogens is 1. The Bertz CT molecular complexity index is 1230. The summed E-state index contributed by atoms with van der Waals surface area (Å²) in [6.07, 6.45) is 23.5. The molecule has 3 aromatic rings. The van der Waals surface area contributed by atoms with Crippen LogP contribution in [0.4, 0.5) is 4.39 Å². The van der Waals surface area contributed by atoms with Crippen LogP contribution in [-0.2, 0) is 12.8 Å². The number of benzene rings is 3. The van der Waals surface area contributed by atoms with Gasteiger partial charge in [0.2, 0.25) is 0 Å². The van der Waals surface area contributed by atoms with Crippen molar-refractivity contribution in [1.82, 2.24) is 0 Å². The molecule has 1 aliphatic carbocycles. The van der Waals surface area contributed by atoms with E-state index in [4.69, 9.17) is 0 Å². The average molecular weight is 553 g/mol. The zero-order valence-electron chi connectivity index (χ0n) is 26.0. The normalized spacial score (nSPS) is 17.0. The van der Waals surface area contributed by atoms with Crippen molar-refractivity contribution < 1.29 is 4.39 Å². The van der Waals surface area contributed by atoms with Gasteiger partial charge in [-0.3, -0.25) is 0 Å². The summed E-state index contributed by atoms with van der Waals surface area (Å²) in [4.78, 5) is 0. The van der Waals surface area contributed by atoms with E-state index in [2.05, 4.69) is 56.0 Å². The third-order valence-corrected chi connectivity index (χ3v) is 9.41. The fourth-order valence-electron chi connectivity index (χ4n) is 6.64. The molecule has 0 radical (unpaired) electrons. The molecule has 1 saturated carbocycles. The number of fused-ring (bicyclic) bond motifs is 1. The van der Waals surface area contributed by atoms with Gasteiger partial charge in [0, 0.05) is 16.5 Å². The number of hydrogen-bond acceptors (Lipinski definition) is 0. The quantitative estimate of drug-likeness (QED) is 0.130. The summed E-state index contributed by atoms with van der Waals surface area (Å²) in [6.45, 7) is 4.55. The van der Waals surface area contributed by atoms with Gasteiger partial charge in [-0.15, -0.1) is 0 Å². The van der Waals surface area contributed by atoms with Gasteiger partial charge in [-0.1, -0.05) is 146 Å². The van der Waals surface area contributed by atoms with Crippen LogP contribution >= 0.6 is 0 Å². The van der Waals surface area contributed by atoms with E-state index < -0.39 is 0 Å². The van der Waals surface area contributed by atoms with E-state index in [9.17, 15) is 0 Å². The first kappa shape index (κ1) is 31.3. The van der Waals surface area contributed by atoms with Gasteiger partial charge in [0.25, 0.3) is 0 Å². The second-order valence-corrected chi connectivity index (χ2v) is 12.7. The Hall–Kier alpha value is -2.59. The molecule has 41 heavy (non-hydrogen) atoms. The molecule has 1 heteroatoms. The van der Waals surface area contributed by atoms with Crippen LogP contribution in [0.3, 0.4) is 0 Å². The highest BCUT2D eigenvalue weighted by atomic mass is 19.1. The molecule has 1 fully saturated rings. The van der Waals surface area contributed by atoms with E-state index in [-0.39, 0.29) is 5.82 Å². The first-order valence-electron chi connectivity index (χ1n) is 17.0. The number of aryl methyl sites for hydroxylation is 2. The summed E-state index contributed by atoms with van der Waals surface area (Å²) in [7, 11) is 0. The predicted molar refractivity (Wildman–Crippen MR) is 176 cm³/mol. The van der Waals surface area contributed by atoms with Crippen molar-refractivity contribution in [3.8, 4) is 11.8 Å². The van der Waals surface area contributed by atoms with Gasteiger partial charge in [0.05, 0.1) is 0 Å². The van der Waals surface area contributed by atoms with Crippen LogP contribution in [0.25, 0.3) is 10.8 Å². The van der Waals surface area contributed by atoms with Crippen molar-refractivity contribution in [3.63, 3.8) is 0 Å². The third-order valence-electron chi connectivity index (χ3n) is 9.41. The SMILES string of the molecule is CCCCCCCc1ccc(C#Cc2ccc3c(F)c(CCC4CCC(CCCCCCC)CC4)ccc3c2)cc1. The van der Waals surface area contributed by atoms with Crippen molar-refractivity contribution in [2.24, 2.45) is 11.8 Å². The lowest BCUT2D eigenvalue weighted by Crippen LogP contribution is -2.15. The average Bonchev–Trinajstić information content (AvgIpc) is 3.01. The smallest absolute Gasteiger partial charge is 0.134 e. The Balaban J connectivity index is 1.25. The molecule has 220 valence electrons. The summed E-state index contributed by atoms with van der Waals surface area (Å²) in [5.74, 6) is 8.26. The van der Waals surface area contributed by atoms with Gasteiger partial charge < -0.3 is 0 Å². The molecule has 0 atom stereocenters. The molecule has 3 aromatic carbocycles. The molecular formula is C40H53F. The molecule has 0 spiro atoms. The van der Waals surface area contributed by atoms with Gasteiger partial charge in [-0.2, -0.15) is 0 Å². The predicted octanol–water partition coefficient (Wildman–Crippen LogP) is 12.0. The minimum Gasteiger partial charge on any atom is -0.206 e. The van der Waals surface area contributed by atoms with Gasteiger partial charge in [0.15, 0.2) is 0 Å². The zero-order chi connectivity index (χ0) is 28.7. The highest BCUT2D eigenvalue weighted by molar-refractivity contribution is 5.85. The molecule has 0 unspecified atom stereocenters. The van der Waals surface area contributed by atoms with Gasteiger partial charge in [-0.05, 0) is 78.3 Å². The van der Waals surface area contributed by atoms with Crippen LogP contribution in [0, 0.1) is 29.5 Å². The molecular weight excluding hydrogens is 499 g/mol. The van der Waals surface area contributed by atoms with Crippen molar-refractivity contribution in [2.75, 3.05) is 0 Å². The zero-order valence-corrected chi connectivity index (χ0v) is 26.0. The van der Waals surface area contributed by atoms with Crippen LogP contribution < -0.4 is 0 Å². The first-order chi connectivity index (χ1) is 20.2. The fraction of sp³-hybridized carbons (Fsp3) is 0.550. The topological polar surface area (TPSA) is 0 Å². The van der Waals surface area contributed by atoms with Gasteiger partial charge in [-0.25, -0.2) is 4.39 Å². The second-order valence-electron chi connectivity index (χ2n) is 12.7.